The number of halogens is 1. The topological polar surface area (TPSA) is 69.9 Å². The van der Waals surface area contributed by atoms with Gasteiger partial charge in [-0.15, -0.1) is 0 Å². The third kappa shape index (κ3) is 7.12. The van der Waals surface area contributed by atoms with E-state index in [9.17, 15) is 14.3 Å². The molecule has 1 aliphatic heterocycles. The van der Waals surface area contributed by atoms with Crippen LogP contribution in [0.4, 0.5) is 4.39 Å². The van der Waals surface area contributed by atoms with Gasteiger partial charge in [0.1, 0.15) is 17.2 Å². The Kier molecular flexibility index (Phi) is 8.76. The van der Waals surface area contributed by atoms with Gasteiger partial charge in [-0.3, -0.25) is 4.79 Å². The van der Waals surface area contributed by atoms with E-state index >= 15 is 0 Å². The van der Waals surface area contributed by atoms with E-state index in [4.69, 9.17) is 14.2 Å². The van der Waals surface area contributed by atoms with Gasteiger partial charge >= 0.3 is 5.97 Å². The highest BCUT2D eigenvalue weighted by Gasteiger charge is 2.37. The Morgan fingerprint density at radius 1 is 1.05 bits per heavy atom. The van der Waals surface area contributed by atoms with Gasteiger partial charge in [-0.25, -0.2) is 4.39 Å². The van der Waals surface area contributed by atoms with Crippen molar-refractivity contribution in [3.8, 4) is 28.1 Å². The van der Waals surface area contributed by atoms with Crippen molar-refractivity contribution in [2.75, 3.05) is 0 Å². The number of esters is 1. The molecule has 1 fully saturated rings. The molecule has 0 amide bonds. The van der Waals surface area contributed by atoms with Gasteiger partial charge in [0.15, 0.2) is 5.79 Å². The molecule has 0 spiro atoms. The Labute approximate surface area is 237 Å². The lowest BCUT2D eigenvalue weighted by atomic mass is 9.99. The van der Waals surface area contributed by atoms with Gasteiger partial charge in [0.2, 0.25) is 0 Å². The Balaban J connectivity index is 1.68. The molecule has 1 N–H and O–H groups in total. The van der Waals surface area contributed by atoms with Gasteiger partial charge in [-0.2, -0.15) is 0 Å². The maximum atomic E-state index is 13.9. The lowest BCUT2D eigenvalue weighted by Crippen LogP contribution is -2.46. The van der Waals surface area contributed by atoms with E-state index < -0.39 is 11.4 Å². The van der Waals surface area contributed by atoms with E-state index in [1.54, 1.807) is 12.1 Å². The van der Waals surface area contributed by atoms with Crippen molar-refractivity contribution < 1.29 is 28.5 Å². The highest BCUT2D eigenvalue weighted by molar-refractivity contribution is 5.88. The molecule has 4 rings (SSSR count). The average Bonchev–Trinajstić information content (AvgIpc) is 3.13. The first-order valence-corrected chi connectivity index (χ1v) is 14.1. The van der Waals surface area contributed by atoms with Crippen LogP contribution in [-0.4, -0.2) is 39.2 Å². The minimum Gasteiger partial charge on any atom is -0.505 e. The normalized spacial score (nSPS) is 19.1. The van der Waals surface area contributed by atoms with Crippen LogP contribution in [0.3, 0.4) is 0 Å². The second-order valence-corrected chi connectivity index (χ2v) is 12.3. The lowest BCUT2D eigenvalue weighted by molar-refractivity contribution is -0.301. The van der Waals surface area contributed by atoms with Crippen molar-refractivity contribution >= 4 is 5.97 Å². The Morgan fingerprint density at radius 3 is 2.27 bits per heavy atom. The zero-order chi connectivity index (χ0) is 29.2. The number of carbonyl (C=O) groups is 1. The highest BCUT2D eigenvalue weighted by atomic mass is 19.1. The SMILES string of the molecule is CC(C)c1c(O)c(-c2ccccc2)c(-c2ccc(F)cc2)n1CC[C@@H]1C[C@H](CC(=O)OC(C)(C)C)OC(C)(C)O1. The van der Waals surface area contributed by atoms with Crippen LogP contribution in [-0.2, 0) is 25.5 Å². The first-order valence-electron chi connectivity index (χ1n) is 14.1. The van der Waals surface area contributed by atoms with E-state index in [0.29, 0.717) is 19.4 Å². The molecule has 2 heterocycles. The summed E-state index contributed by atoms with van der Waals surface area (Å²) in [6.45, 7) is 13.9. The highest BCUT2D eigenvalue weighted by Crippen LogP contribution is 2.46. The van der Waals surface area contributed by atoms with Crippen LogP contribution in [0.1, 0.15) is 79.3 Å². The first-order chi connectivity index (χ1) is 18.7. The van der Waals surface area contributed by atoms with Gasteiger partial charge in [0, 0.05) is 18.5 Å². The summed E-state index contributed by atoms with van der Waals surface area (Å²) >= 11 is 0. The summed E-state index contributed by atoms with van der Waals surface area (Å²) in [5.74, 6) is -1.20. The third-order valence-corrected chi connectivity index (χ3v) is 6.92. The quantitative estimate of drug-likeness (QED) is 0.289. The molecule has 1 aliphatic rings. The van der Waals surface area contributed by atoms with E-state index in [2.05, 4.69) is 18.4 Å². The van der Waals surface area contributed by atoms with Crippen LogP contribution in [0.2, 0.25) is 0 Å². The molecule has 216 valence electrons. The summed E-state index contributed by atoms with van der Waals surface area (Å²) in [5, 5.41) is 11.6. The molecule has 1 saturated heterocycles. The standard InChI is InChI=1S/C33H42FNO5/c1-21(2)29-31(37)28(22-11-9-8-10-12-22)30(23-13-15-24(34)16-14-23)35(29)18-17-25-19-26(39-33(6,7)38-25)20-27(36)40-32(3,4)5/h8-16,21,25-26,37H,17-20H2,1-7H3/t25-,26-/m1/s1. The fourth-order valence-corrected chi connectivity index (χ4v) is 5.59. The van der Waals surface area contributed by atoms with E-state index in [0.717, 1.165) is 28.1 Å². The molecule has 0 unspecified atom stereocenters. The van der Waals surface area contributed by atoms with E-state index in [-0.39, 0.29) is 42.1 Å². The number of hydrogen-bond donors (Lipinski definition) is 1. The number of ether oxygens (including phenoxy) is 3. The Morgan fingerprint density at radius 2 is 1.68 bits per heavy atom. The minimum atomic E-state index is -0.857. The lowest BCUT2D eigenvalue weighted by Gasteiger charge is -2.41. The van der Waals surface area contributed by atoms with Crippen molar-refractivity contribution in [3.63, 3.8) is 0 Å². The summed E-state index contributed by atoms with van der Waals surface area (Å²) < 4.78 is 33.9. The smallest absolute Gasteiger partial charge is 0.308 e. The first kappa shape index (κ1) is 29.8. The molecule has 0 aliphatic carbocycles. The largest absolute Gasteiger partial charge is 0.505 e. The van der Waals surface area contributed by atoms with Gasteiger partial charge < -0.3 is 23.9 Å². The van der Waals surface area contributed by atoms with Gasteiger partial charge in [0.05, 0.1) is 30.0 Å². The molecule has 7 heteroatoms. The summed E-state index contributed by atoms with van der Waals surface area (Å²) in [7, 11) is 0. The van der Waals surface area contributed by atoms with Crippen LogP contribution < -0.4 is 0 Å². The molecule has 0 radical (unpaired) electrons. The molecule has 2 atom stereocenters. The molecule has 0 bridgehead atoms. The fraction of sp³-hybridized carbons (Fsp3) is 0.485. The van der Waals surface area contributed by atoms with Gasteiger partial charge in [0.25, 0.3) is 0 Å². The molecule has 0 saturated carbocycles. The number of hydrogen-bond acceptors (Lipinski definition) is 5. The van der Waals surface area contributed by atoms with Crippen LogP contribution in [0.25, 0.3) is 22.4 Å². The average molecular weight is 552 g/mol. The molecule has 1 aromatic heterocycles. The van der Waals surface area contributed by atoms with Crippen LogP contribution in [0, 0.1) is 5.82 Å². The minimum absolute atomic E-state index is 0.0311. The van der Waals surface area contributed by atoms with Gasteiger partial charge in [-0.05, 0) is 82.3 Å². The number of carbonyl (C=O) groups excluding carboxylic acids is 1. The van der Waals surface area contributed by atoms with Crippen molar-refractivity contribution in [1.82, 2.24) is 4.57 Å². The number of aromatic nitrogens is 1. The molecular formula is C33H42FNO5. The number of nitrogens with zero attached hydrogens (tertiary/aromatic N) is 1. The van der Waals surface area contributed by atoms with Crippen molar-refractivity contribution in [3.05, 3.63) is 66.1 Å². The predicted octanol–water partition coefficient (Wildman–Crippen LogP) is 7.82. The molecule has 40 heavy (non-hydrogen) atoms. The third-order valence-electron chi connectivity index (χ3n) is 6.92. The maximum absolute atomic E-state index is 13.9. The number of rotatable bonds is 8. The van der Waals surface area contributed by atoms with Gasteiger partial charge in [-0.1, -0.05) is 44.2 Å². The zero-order valence-corrected chi connectivity index (χ0v) is 24.7. The zero-order valence-electron chi connectivity index (χ0n) is 24.7. The van der Waals surface area contributed by atoms with Crippen molar-refractivity contribution in [2.45, 2.75) is 104 Å². The Bertz CT molecular complexity index is 1310. The summed E-state index contributed by atoms with van der Waals surface area (Å²) in [6, 6.07) is 16.2. The molecule has 6 nitrogen and oxygen atoms in total. The number of benzene rings is 2. The van der Waals surface area contributed by atoms with Crippen molar-refractivity contribution in [1.29, 1.82) is 0 Å². The second kappa shape index (κ2) is 11.8. The number of aromatic hydroxyl groups is 1. The van der Waals surface area contributed by atoms with E-state index in [1.807, 2.05) is 65.0 Å². The van der Waals surface area contributed by atoms with Crippen LogP contribution in [0.15, 0.2) is 54.6 Å². The second-order valence-electron chi connectivity index (χ2n) is 12.3. The monoisotopic (exact) mass is 551 g/mol. The van der Waals surface area contributed by atoms with Crippen LogP contribution >= 0.6 is 0 Å². The van der Waals surface area contributed by atoms with E-state index in [1.165, 1.54) is 12.1 Å². The summed E-state index contributed by atoms with van der Waals surface area (Å²) in [5.41, 5.74) is 3.53. The maximum Gasteiger partial charge on any atom is 0.308 e. The van der Waals surface area contributed by atoms with Crippen LogP contribution in [0.5, 0.6) is 5.75 Å². The van der Waals surface area contributed by atoms with Crippen molar-refractivity contribution in [2.24, 2.45) is 0 Å². The predicted molar refractivity (Wildman–Crippen MR) is 155 cm³/mol. The summed E-state index contributed by atoms with van der Waals surface area (Å²) in [6.07, 6.45) is 0.823. The Hall–Kier alpha value is -3.16. The summed E-state index contributed by atoms with van der Waals surface area (Å²) in [4.78, 5) is 12.5. The molecule has 3 aromatic rings. The molecule has 2 aromatic carbocycles. The fourth-order valence-electron chi connectivity index (χ4n) is 5.59. The molecular weight excluding hydrogens is 509 g/mol.